The summed E-state index contributed by atoms with van der Waals surface area (Å²) in [7, 11) is 0. The number of urea groups is 1. The van der Waals surface area contributed by atoms with Crippen molar-refractivity contribution < 1.29 is 27.5 Å². The lowest BCUT2D eigenvalue weighted by Crippen LogP contribution is -2.34. The molecule has 0 aliphatic heterocycles. The van der Waals surface area contributed by atoms with Gasteiger partial charge < -0.3 is 10.1 Å². The normalized spacial score (nSPS) is 13.2. The van der Waals surface area contributed by atoms with Crippen LogP contribution in [0.2, 0.25) is 0 Å². The molecule has 0 saturated carbocycles. The maximum atomic E-state index is 13.5. The molecule has 3 amide bonds. The van der Waals surface area contributed by atoms with Crippen LogP contribution in [0.3, 0.4) is 0 Å². The number of carbonyl (C=O) groups is 2. The molecular weight excluding hydrogens is 551 g/mol. The predicted molar refractivity (Wildman–Crippen MR) is 150 cm³/mol. The van der Waals surface area contributed by atoms with Crippen LogP contribution in [0.4, 0.5) is 35.3 Å². The predicted octanol–water partition coefficient (Wildman–Crippen LogP) is 6.55. The van der Waals surface area contributed by atoms with Gasteiger partial charge in [0, 0.05) is 16.9 Å². The van der Waals surface area contributed by atoms with E-state index in [0.29, 0.717) is 11.3 Å². The van der Waals surface area contributed by atoms with Gasteiger partial charge in [0.2, 0.25) is 0 Å². The number of benzene rings is 3. The largest absolute Gasteiger partial charge is 0.573 e. The molecule has 1 aromatic heterocycles. The molecule has 4 aromatic rings. The number of alkyl halides is 3. The quantitative estimate of drug-likeness (QED) is 0.218. The molecule has 13 heteroatoms. The number of allylic oxidation sites excluding steroid dienone is 2. The number of nitrogens with zero attached hydrogens (tertiary/aromatic N) is 4. The van der Waals surface area contributed by atoms with E-state index in [9.17, 15) is 22.8 Å². The fourth-order valence-electron chi connectivity index (χ4n) is 4.50. The third-order valence-corrected chi connectivity index (χ3v) is 6.55. The summed E-state index contributed by atoms with van der Waals surface area (Å²) in [4.78, 5) is 27.4. The lowest BCUT2D eigenvalue weighted by Gasteiger charge is -2.24. The Morgan fingerprint density at radius 2 is 1.67 bits per heavy atom. The zero-order valence-corrected chi connectivity index (χ0v) is 22.2. The molecule has 216 valence electrons. The lowest BCUT2D eigenvalue weighted by atomic mass is 9.93. The molecule has 42 heavy (non-hydrogen) atoms. The minimum absolute atomic E-state index is 0.0392. The second kappa shape index (κ2) is 12.5. The zero-order chi connectivity index (χ0) is 29.5. The number of halogens is 3. The second-order valence-electron chi connectivity index (χ2n) is 9.50. The van der Waals surface area contributed by atoms with Gasteiger partial charge in [0.05, 0.1) is 6.54 Å². The van der Waals surface area contributed by atoms with Crippen LogP contribution in [0.25, 0.3) is 5.57 Å². The molecule has 0 saturated heterocycles. The van der Waals surface area contributed by atoms with Gasteiger partial charge in [-0.15, -0.1) is 18.3 Å². The first kappa shape index (κ1) is 28.3. The Morgan fingerprint density at radius 3 is 2.29 bits per heavy atom. The molecule has 0 spiro atoms. The van der Waals surface area contributed by atoms with Gasteiger partial charge in [-0.1, -0.05) is 35.4 Å². The van der Waals surface area contributed by atoms with Gasteiger partial charge in [0.15, 0.2) is 0 Å². The average molecular weight is 578 g/mol. The van der Waals surface area contributed by atoms with Crippen LogP contribution < -0.4 is 20.3 Å². The summed E-state index contributed by atoms with van der Waals surface area (Å²) in [6.07, 6.45) is 1.79. The summed E-state index contributed by atoms with van der Waals surface area (Å²) >= 11 is 0. The maximum absolute atomic E-state index is 13.5. The highest BCUT2D eigenvalue weighted by molar-refractivity contribution is 6.03. The number of nitrogens with one attached hydrogen (secondary N) is 3. The monoisotopic (exact) mass is 577 g/mol. The maximum Gasteiger partial charge on any atom is 0.573 e. The SMILES string of the molecule is O=C(Nc1nn[nH]n1)c1ccc(CN(C(=O)Nc2ccc(OC(F)(F)F)cc2)c2ccc(C3=CCCCC3)cc2)cc1. The number of H-pyrrole nitrogens is 1. The first-order valence-corrected chi connectivity index (χ1v) is 13.1. The number of ether oxygens (including phenoxy) is 1. The summed E-state index contributed by atoms with van der Waals surface area (Å²) in [6, 6.07) is 18.7. The molecule has 0 atom stereocenters. The Morgan fingerprint density at radius 1 is 0.929 bits per heavy atom. The van der Waals surface area contributed by atoms with E-state index in [1.165, 1.54) is 29.0 Å². The third-order valence-electron chi connectivity index (χ3n) is 6.55. The average Bonchev–Trinajstić information content (AvgIpc) is 3.50. The topological polar surface area (TPSA) is 125 Å². The van der Waals surface area contributed by atoms with Gasteiger partial charge in [-0.3, -0.25) is 15.0 Å². The number of amides is 3. The fourth-order valence-corrected chi connectivity index (χ4v) is 4.50. The molecule has 0 fully saturated rings. The van der Waals surface area contributed by atoms with Crippen molar-refractivity contribution in [2.45, 2.75) is 38.6 Å². The number of tetrazole rings is 1. The van der Waals surface area contributed by atoms with E-state index < -0.39 is 24.1 Å². The van der Waals surface area contributed by atoms with Gasteiger partial charge in [0.1, 0.15) is 5.75 Å². The summed E-state index contributed by atoms with van der Waals surface area (Å²) in [5.74, 6) is -0.783. The van der Waals surface area contributed by atoms with Crippen LogP contribution in [-0.4, -0.2) is 38.9 Å². The Hall–Kier alpha value is -5.20. The smallest absolute Gasteiger partial charge is 0.406 e. The summed E-state index contributed by atoms with van der Waals surface area (Å²) in [6.45, 7) is 0.149. The zero-order valence-electron chi connectivity index (χ0n) is 22.2. The van der Waals surface area contributed by atoms with E-state index in [-0.39, 0.29) is 18.2 Å². The van der Waals surface area contributed by atoms with E-state index in [4.69, 9.17) is 0 Å². The van der Waals surface area contributed by atoms with Crippen LogP contribution in [0.5, 0.6) is 5.75 Å². The van der Waals surface area contributed by atoms with E-state index in [0.717, 1.165) is 42.5 Å². The highest BCUT2D eigenvalue weighted by atomic mass is 19.4. The number of rotatable bonds is 8. The molecule has 0 unspecified atom stereocenters. The lowest BCUT2D eigenvalue weighted by molar-refractivity contribution is -0.274. The summed E-state index contributed by atoms with van der Waals surface area (Å²) in [5, 5.41) is 18.3. The molecule has 0 bridgehead atoms. The van der Waals surface area contributed by atoms with E-state index in [2.05, 4.69) is 42.1 Å². The molecule has 3 aromatic carbocycles. The van der Waals surface area contributed by atoms with Crippen molar-refractivity contribution >= 4 is 34.8 Å². The minimum atomic E-state index is -4.81. The molecule has 1 aliphatic rings. The van der Waals surface area contributed by atoms with Crippen LogP contribution >= 0.6 is 0 Å². The van der Waals surface area contributed by atoms with Crippen LogP contribution in [0, 0.1) is 0 Å². The molecule has 5 rings (SSSR count). The van der Waals surface area contributed by atoms with Gasteiger partial charge in [-0.25, -0.2) is 4.79 Å². The first-order valence-electron chi connectivity index (χ1n) is 13.1. The Bertz CT molecular complexity index is 1540. The van der Waals surface area contributed by atoms with Crippen molar-refractivity contribution in [3.63, 3.8) is 0 Å². The molecular formula is C29H26F3N7O3. The van der Waals surface area contributed by atoms with Crippen molar-refractivity contribution in [2.75, 3.05) is 15.5 Å². The summed E-state index contributed by atoms with van der Waals surface area (Å²) in [5.41, 5.74) is 4.36. The van der Waals surface area contributed by atoms with E-state index >= 15 is 0 Å². The van der Waals surface area contributed by atoms with E-state index in [1.54, 1.807) is 24.3 Å². The van der Waals surface area contributed by atoms with Crippen LogP contribution in [0.15, 0.2) is 78.9 Å². The highest BCUT2D eigenvalue weighted by Gasteiger charge is 2.31. The molecule has 10 nitrogen and oxygen atoms in total. The number of hydrogen-bond donors (Lipinski definition) is 3. The Labute approximate surface area is 238 Å². The molecule has 0 radical (unpaired) electrons. The molecule has 1 aliphatic carbocycles. The number of hydrogen-bond acceptors (Lipinski definition) is 6. The van der Waals surface area contributed by atoms with Crippen molar-refractivity contribution in [1.82, 2.24) is 20.6 Å². The van der Waals surface area contributed by atoms with E-state index in [1.807, 2.05) is 24.3 Å². The molecule has 1 heterocycles. The summed E-state index contributed by atoms with van der Waals surface area (Å²) < 4.78 is 41.5. The van der Waals surface area contributed by atoms with Crippen molar-refractivity contribution in [1.29, 1.82) is 0 Å². The van der Waals surface area contributed by atoms with Gasteiger partial charge in [-0.05, 0) is 96.1 Å². The van der Waals surface area contributed by atoms with Crippen LogP contribution in [0.1, 0.15) is 47.2 Å². The standard InChI is InChI=1S/C29H26F3N7O3/c30-29(31,32)42-25-16-12-23(13-17-25)33-28(41)39(24-14-10-21(11-15-24)20-4-2-1-3-5-20)18-19-6-8-22(9-7-19)26(40)34-27-35-37-38-36-27/h4,6-17H,1-3,5,18H2,(H,33,41)(H2,34,35,36,37,38,40). The van der Waals surface area contributed by atoms with Gasteiger partial charge >= 0.3 is 12.4 Å². The van der Waals surface area contributed by atoms with Crippen molar-refractivity contribution in [2.24, 2.45) is 0 Å². The highest BCUT2D eigenvalue weighted by Crippen LogP contribution is 2.29. The minimum Gasteiger partial charge on any atom is -0.406 e. The number of aromatic amines is 1. The van der Waals surface area contributed by atoms with Crippen molar-refractivity contribution in [3.05, 3.63) is 95.6 Å². The molecule has 3 N–H and O–H groups in total. The van der Waals surface area contributed by atoms with Crippen LogP contribution in [-0.2, 0) is 6.54 Å². The second-order valence-corrected chi connectivity index (χ2v) is 9.50. The number of carbonyl (C=O) groups excluding carboxylic acids is 2. The van der Waals surface area contributed by atoms with Gasteiger partial charge in [-0.2, -0.15) is 5.21 Å². The third kappa shape index (κ3) is 7.50. The fraction of sp³-hybridized carbons (Fsp3) is 0.207. The van der Waals surface area contributed by atoms with Crippen molar-refractivity contribution in [3.8, 4) is 5.75 Å². The Balaban J connectivity index is 1.34. The number of anilines is 3. The first-order chi connectivity index (χ1) is 20.2. The number of aromatic nitrogens is 4. The van der Waals surface area contributed by atoms with Gasteiger partial charge in [0.25, 0.3) is 11.9 Å². The Kier molecular flexibility index (Phi) is 8.46.